The molecular weight excluding hydrogens is 374 g/mol. The van der Waals surface area contributed by atoms with Crippen LogP contribution < -0.4 is 0 Å². The van der Waals surface area contributed by atoms with E-state index in [1.165, 1.54) is 23.1 Å². The van der Waals surface area contributed by atoms with E-state index in [0.717, 1.165) is 19.5 Å². The summed E-state index contributed by atoms with van der Waals surface area (Å²) in [6, 6.07) is 14.9. The maximum absolute atomic E-state index is 10.2. The predicted octanol–water partition coefficient (Wildman–Crippen LogP) is 5.27. The number of phenolic OH excluding ortho intramolecular Hbond substituents is 1. The first-order valence-corrected chi connectivity index (χ1v) is 10.7. The standard InChI is InChI=1S/C19H27NO.C7H6O2/c1-13(2)7-9-20-10-8-19(4)14(3)18(20)11-15-5-6-16(21)12-17(15)19;8-7(9)6-4-2-1-3-5-6/h5-7,12,14,18,21H,8-11H2,1-4H3;1-5H,(H,8,9). The first-order chi connectivity index (χ1) is 14.2. The van der Waals surface area contributed by atoms with Crippen LogP contribution in [0.25, 0.3) is 0 Å². The number of fused-ring (bicyclic) bond motifs is 4. The number of aromatic carboxylic acids is 1. The van der Waals surface area contributed by atoms with Gasteiger partial charge in [0.1, 0.15) is 5.75 Å². The summed E-state index contributed by atoms with van der Waals surface area (Å²) in [5.41, 5.74) is 4.75. The molecule has 1 aliphatic heterocycles. The van der Waals surface area contributed by atoms with Crippen LogP contribution in [0.2, 0.25) is 0 Å². The topological polar surface area (TPSA) is 60.8 Å². The van der Waals surface area contributed by atoms with Gasteiger partial charge in [-0.15, -0.1) is 0 Å². The van der Waals surface area contributed by atoms with Gasteiger partial charge in [-0.2, -0.15) is 0 Å². The fourth-order valence-electron chi connectivity index (χ4n) is 4.80. The smallest absolute Gasteiger partial charge is 0.335 e. The highest BCUT2D eigenvalue weighted by atomic mass is 16.4. The minimum Gasteiger partial charge on any atom is -0.508 e. The Kier molecular flexibility index (Phi) is 6.67. The van der Waals surface area contributed by atoms with Gasteiger partial charge >= 0.3 is 5.97 Å². The molecule has 2 aromatic carbocycles. The molecule has 3 atom stereocenters. The Bertz CT molecular complexity index is 917. The number of allylic oxidation sites excluding steroid dienone is 1. The Morgan fingerprint density at radius 3 is 2.50 bits per heavy atom. The average molecular weight is 408 g/mol. The van der Waals surface area contributed by atoms with Crippen LogP contribution in [0, 0.1) is 5.92 Å². The van der Waals surface area contributed by atoms with Gasteiger partial charge in [0.15, 0.2) is 0 Å². The summed E-state index contributed by atoms with van der Waals surface area (Å²) in [7, 11) is 0. The molecule has 160 valence electrons. The van der Waals surface area contributed by atoms with Gasteiger partial charge in [0.25, 0.3) is 0 Å². The fraction of sp³-hybridized carbons (Fsp3) is 0.423. The van der Waals surface area contributed by atoms with Crippen LogP contribution >= 0.6 is 0 Å². The van der Waals surface area contributed by atoms with Crippen LogP contribution in [0.4, 0.5) is 0 Å². The third-order valence-electron chi connectivity index (χ3n) is 6.86. The first kappa shape index (κ1) is 22.1. The average Bonchev–Trinajstić information content (AvgIpc) is 2.72. The summed E-state index contributed by atoms with van der Waals surface area (Å²) in [4.78, 5) is 12.8. The van der Waals surface area contributed by atoms with Gasteiger partial charge in [-0.05, 0) is 80.0 Å². The highest BCUT2D eigenvalue weighted by Gasteiger charge is 2.48. The van der Waals surface area contributed by atoms with Gasteiger partial charge < -0.3 is 10.2 Å². The molecule has 2 N–H and O–H groups in total. The third-order valence-corrected chi connectivity index (χ3v) is 6.86. The first-order valence-electron chi connectivity index (χ1n) is 10.7. The molecule has 1 aliphatic carbocycles. The molecule has 3 unspecified atom stereocenters. The van der Waals surface area contributed by atoms with E-state index in [2.05, 4.69) is 44.7 Å². The highest BCUT2D eigenvalue weighted by Crippen LogP contribution is 2.49. The number of hydrogen-bond donors (Lipinski definition) is 2. The maximum atomic E-state index is 10.2. The maximum Gasteiger partial charge on any atom is 0.335 e. The number of carboxylic acids is 1. The molecule has 1 fully saturated rings. The van der Waals surface area contributed by atoms with Gasteiger partial charge in [0.05, 0.1) is 5.56 Å². The van der Waals surface area contributed by atoms with Crippen molar-refractivity contribution < 1.29 is 15.0 Å². The van der Waals surface area contributed by atoms with Crippen molar-refractivity contribution in [1.29, 1.82) is 0 Å². The number of likely N-dealkylation sites (tertiary alicyclic amines) is 1. The summed E-state index contributed by atoms with van der Waals surface area (Å²) in [6.45, 7) is 11.4. The van der Waals surface area contributed by atoms with Crippen LogP contribution in [-0.2, 0) is 11.8 Å². The number of rotatable bonds is 3. The number of aromatic hydroxyl groups is 1. The SMILES string of the molecule is CC(C)=CCN1CCC2(C)c3cc(O)ccc3CC1C2C.O=C(O)c1ccccc1. The molecule has 4 heteroatoms. The molecule has 1 saturated heterocycles. The largest absolute Gasteiger partial charge is 0.508 e. The number of nitrogens with zero attached hydrogens (tertiary/aromatic N) is 1. The van der Waals surface area contributed by atoms with E-state index in [1.54, 1.807) is 30.3 Å². The molecule has 4 nitrogen and oxygen atoms in total. The summed E-state index contributed by atoms with van der Waals surface area (Å²) in [5, 5.41) is 18.3. The molecule has 30 heavy (non-hydrogen) atoms. The lowest BCUT2D eigenvalue weighted by molar-refractivity contribution is 0.0397. The van der Waals surface area contributed by atoms with Gasteiger partial charge in [0.2, 0.25) is 0 Å². The highest BCUT2D eigenvalue weighted by molar-refractivity contribution is 5.87. The van der Waals surface area contributed by atoms with Crippen molar-refractivity contribution in [2.45, 2.75) is 52.0 Å². The Morgan fingerprint density at radius 2 is 1.90 bits per heavy atom. The van der Waals surface area contributed by atoms with Crippen LogP contribution in [0.3, 0.4) is 0 Å². The summed E-state index contributed by atoms with van der Waals surface area (Å²) < 4.78 is 0. The Hall–Kier alpha value is -2.59. The third kappa shape index (κ3) is 4.59. The molecule has 2 bridgehead atoms. The van der Waals surface area contributed by atoms with E-state index in [4.69, 9.17) is 5.11 Å². The second-order valence-corrected chi connectivity index (χ2v) is 9.02. The van der Waals surface area contributed by atoms with Crippen molar-refractivity contribution in [3.8, 4) is 5.75 Å². The minimum atomic E-state index is -0.879. The van der Waals surface area contributed by atoms with Crippen molar-refractivity contribution in [3.63, 3.8) is 0 Å². The second kappa shape index (κ2) is 9.05. The monoisotopic (exact) mass is 407 g/mol. The van der Waals surface area contributed by atoms with Crippen LogP contribution in [0.5, 0.6) is 5.75 Å². The number of piperidine rings is 1. The van der Waals surface area contributed by atoms with Gasteiger partial charge in [-0.1, -0.05) is 49.8 Å². The predicted molar refractivity (Wildman–Crippen MR) is 121 cm³/mol. The van der Waals surface area contributed by atoms with Crippen LogP contribution in [-0.4, -0.2) is 40.2 Å². The zero-order valence-electron chi connectivity index (χ0n) is 18.4. The molecule has 1 heterocycles. The van der Waals surface area contributed by atoms with E-state index in [1.807, 2.05) is 12.1 Å². The molecule has 0 saturated carbocycles. The normalized spacial score (nSPS) is 24.8. The van der Waals surface area contributed by atoms with Crippen LogP contribution in [0.15, 0.2) is 60.2 Å². The summed E-state index contributed by atoms with van der Waals surface area (Å²) in [5.74, 6) is 0.161. The lowest BCUT2D eigenvalue weighted by Gasteiger charge is -2.54. The Labute approximate surface area is 179 Å². The molecule has 0 amide bonds. The minimum absolute atomic E-state index is 0.207. The lowest BCUT2D eigenvalue weighted by Crippen LogP contribution is -2.57. The van der Waals surface area contributed by atoms with E-state index >= 15 is 0 Å². The van der Waals surface area contributed by atoms with Crippen molar-refractivity contribution >= 4 is 5.97 Å². The second-order valence-electron chi connectivity index (χ2n) is 9.02. The quantitative estimate of drug-likeness (QED) is 0.681. The zero-order valence-corrected chi connectivity index (χ0v) is 18.4. The van der Waals surface area contributed by atoms with E-state index in [-0.39, 0.29) is 5.41 Å². The lowest BCUT2D eigenvalue weighted by atomic mass is 9.59. The Balaban J connectivity index is 0.000000239. The number of carboxylic acid groups (broad SMARTS) is 1. The van der Waals surface area contributed by atoms with Gasteiger partial charge in [-0.25, -0.2) is 4.79 Å². The van der Waals surface area contributed by atoms with Crippen molar-refractivity contribution in [1.82, 2.24) is 4.90 Å². The molecule has 0 radical (unpaired) electrons. The van der Waals surface area contributed by atoms with E-state index in [0.29, 0.717) is 23.3 Å². The fourth-order valence-corrected chi connectivity index (χ4v) is 4.80. The molecule has 2 aliphatic rings. The molecule has 0 spiro atoms. The molecule has 2 aromatic rings. The molecule has 0 aromatic heterocycles. The van der Waals surface area contributed by atoms with Gasteiger partial charge in [-0.3, -0.25) is 4.90 Å². The van der Waals surface area contributed by atoms with E-state index < -0.39 is 5.97 Å². The number of carbonyl (C=O) groups is 1. The van der Waals surface area contributed by atoms with Crippen molar-refractivity contribution in [2.75, 3.05) is 13.1 Å². The van der Waals surface area contributed by atoms with Crippen molar-refractivity contribution in [3.05, 3.63) is 76.9 Å². The van der Waals surface area contributed by atoms with Crippen molar-refractivity contribution in [2.24, 2.45) is 5.92 Å². The molecular formula is C26H33NO3. The summed E-state index contributed by atoms with van der Waals surface area (Å²) in [6.07, 6.45) is 4.64. The number of phenols is 1. The van der Waals surface area contributed by atoms with E-state index in [9.17, 15) is 9.90 Å². The van der Waals surface area contributed by atoms with Crippen LogP contribution in [0.1, 0.15) is 55.6 Å². The van der Waals surface area contributed by atoms with Gasteiger partial charge in [0, 0.05) is 12.6 Å². The number of hydrogen-bond acceptors (Lipinski definition) is 3. The number of benzene rings is 2. The summed E-state index contributed by atoms with van der Waals surface area (Å²) >= 11 is 0. The molecule has 4 rings (SSSR count). The Morgan fingerprint density at radius 1 is 1.20 bits per heavy atom. The zero-order chi connectivity index (χ0) is 21.9.